The van der Waals surface area contributed by atoms with Crippen LogP contribution in [0.3, 0.4) is 0 Å². The summed E-state index contributed by atoms with van der Waals surface area (Å²) in [5.74, 6) is -41.7. The number of hydrogen-bond donors (Lipinski definition) is 1. The van der Waals surface area contributed by atoms with Crippen molar-refractivity contribution in [1.29, 1.82) is 0 Å². The van der Waals surface area contributed by atoms with Gasteiger partial charge in [-0.05, 0) is 11.8 Å². The van der Waals surface area contributed by atoms with E-state index in [4.69, 9.17) is 0 Å². The third-order valence-corrected chi connectivity index (χ3v) is 4.20. The molecule has 0 heterocycles. The van der Waals surface area contributed by atoms with E-state index < -0.39 is 53.2 Å². The molecular formula is C13H15F13O. The van der Waals surface area contributed by atoms with E-state index in [1.165, 1.54) is 0 Å². The van der Waals surface area contributed by atoms with Gasteiger partial charge in [0.15, 0.2) is 0 Å². The molecule has 0 aliphatic carbocycles. The summed E-state index contributed by atoms with van der Waals surface area (Å²) in [7, 11) is 0. The van der Waals surface area contributed by atoms with Crippen molar-refractivity contribution < 1.29 is 62.2 Å². The van der Waals surface area contributed by atoms with Crippen molar-refractivity contribution in [3.8, 4) is 0 Å². The van der Waals surface area contributed by atoms with Gasteiger partial charge in [-0.15, -0.1) is 0 Å². The van der Waals surface area contributed by atoms with E-state index in [0.717, 1.165) is 0 Å². The zero-order chi connectivity index (χ0) is 22.7. The van der Waals surface area contributed by atoms with Gasteiger partial charge in [0.25, 0.3) is 0 Å². The topological polar surface area (TPSA) is 20.2 Å². The average molecular weight is 434 g/mol. The zero-order valence-electron chi connectivity index (χ0n) is 14.0. The Bertz CT molecular complexity index is 525. The number of rotatable bonds is 7. The van der Waals surface area contributed by atoms with Gasteiger partial charge in [-0.2, -0.15) is 57.1 Å². The van der Waals surface area contributed by atoms with E-state index in [0.29, 0.717) is 27.7 Å². The number of halogens is 13. The Kier molecular flexibility index (Phi) is 6.31. The quantitative estimate of drug-likeness (QED) is 0.505. The molecule has 0 aliphatic rings. The Balaban J connectivity index is 6.73. The molecule has 0 saturated heterocycles. The predicted molar refractivity (Wildman–Crippen MR) is 65.4 cm³/mol. The van der Waals surface area contributed by atoms with Gasteiger partial charge in [-0.3, -0.25) is 0 Å². The molecule has 0 aromatic carbocycles. The van der Waals surface area contributed by atoms with Gasteiger partial charge >= 0.3 is 35.8 Å². The van der Waals surface area contributed by atoms with Crippen molar-refractivity contribution in [2.45, 2.75) is 69.1 Å². The Morgan fingerprint density at radius 3 is 0.889 bits per heavy atom. The molecule has 1 N–H and O–H groups in total. The van der Waals surface area contributed by atoms with Crippen molar-refractivity contribution in [2.24, 2.45) is 11.8 Å². The Morgan fingerprint density at radius 2 is 0.667 bits per heavy atom. The number of aliphatic hydroxyl groups is 1. The van der Waals surface area contributed by atoms with Crippen molar-refractivity contribution in [1.82, 2.24) is 0 Å². The summed E-state index contributed by atoms with van der Waals surface area (Å²) >= 11 is 0. The molecule has 0 spiro atoms. The van der Waals surface area contributed by atoms with Crippen LogP contribution in [0.2, 0.25) is 0 Å². The first-order valence-corrected chi connectivity index (χ1v) is 7.07. The molecule has 0 fully saturated rings. The van der Waals surface area contributed by atoms with E-state index >= 15 is 0 Å². The summed E-state index contributed by atoms with van der Waals surface area (Å²) in [5.41, 5.74) is -4.16. The van der Waals surface area contributed by atoms with Gasteiger partial charge in [-0.1, -0.05) is 27.7 Å². The fourth-order valence-corrected chi connectivity index (χ4v) is 2.41. The predicted octanol–water partition coefficient (Wildman–Crippen LogP) is 5.77. The highest BCUT2D eigenvalue weighted by molar-refractivity contribution is 5.15. The van der Waals surface area contributed by atoms with Gasteiger partial charge in [-0.25, -0.2) is 0 Å². The normalized spacial score (nSPS) is 16.4. The van der Waals surface area contributed by atoms with E-state index in [-0.39, 0.29) is 0 Å². The first kappa shape index (κ1) is 26.1. The number of alkyl halides is 13. The molecule has 27 heavy (non-hydrogen) atoms. The van der Waals surface area contributed by atoms with Crippen LogP contribution >= 0.6 is 0 Å². The summed E-state index contributed by atoms with van der Waals surface area (Å²) in [5, 5.41) is 9.80. The first-order chi connectivity index (χ1) is 11.4. The first-order valence-electron chi connectivity index (χ1n) is 7.07. The van der Waals surface area contributed by atoms with E-state index in [9.17, 15) is 62.2 Å². The van der Waals surface area contributed by atoms with Crippen LogP contribution in [0.4, 0.5) is 57.1 Å². The highest BCUT2D eigenvalue weighted by atomic mass is 19.4. The van der Waals surface area contributed by atoms with Crippen LogP contribution in [0.15, 0.2) is 0 Å². The second-order valence-electron chi connectivity index (χ2n) is 6.50. The molecule has 0 amide bonds. The number of hydrogen-bond acceptors (Lipinski definition) is 1. The molecule has 0 bridgehead atoms. The standard InChI is InChI=1S/C13H15F13O/c1-5(2)7(27,6(3)4)8(14,15)9(16,17)10(18,19)11(20,21)12(22,23)13(24,25)26/h5-6,27H,1-4H3. The summed E-state index contributed by atoms with van der Waals surface area (Å²) < 4.78 is 171. The smallest absolute Gasteiger partial charge is 0.383 e. The third-order valence-electron chi connectivity index (χ3n) is 4.20. The third kappa shape index (κ3) is 3.15. The van der Waals surface area contributed by atoms with E-state index in [1.807, 2.05) is 0 Å². The molecule has 0 aromatic heterocycles. The lowest BCUT2D eigenvalue weighted by molar-refractivity contribution is -0.453. The lowest BCUT2D eigenvalue weighted by Gasteiger charge is -2.48. The van der Waals surface area contributed by atoms with Crippen LogP contribution in [-0.4, -0.2) is 46.5 Å². The van der Waals surface area contributed by atoms with Crippen LogP contribution < -0.4 is 0 Å². The monoisotopic (exact) mass is 434 g/mol. The van der Waals surface area contributed by atoms with Crippen LogP contribution in [0, 0.1) is 11.8 Å². The van der Waals surface area contributed by atoms with Crippen LogP contribution in [0.25, 0.3) is 0 Å². The average Bonchev–Trinajstić information content (AvgIpc) is 2.43. The molecule has 0 rings (SSSR count). The van der Waals surface area contributed by atoms with Gasteiger partial charge in [0, 0.05) is 0 Å². The molecule has 14 heteroatoms. The summed E-state index contributed by atoms with van der Waals surface area (Å²) in [6, 6.07) is 0. The molecule has 0 unspecified atom stereocenters. The van der Waals surface area contributed by atoms with Gasteiger partial charge < -0.3 is 5.11 Å². The molecule has 0 radical (unpaired) electrons. The van der Waals surface area contributed by atoms with Crippen molar-refractivity contribution >= 4 is 0 Å². The highest BCUT2D eigenvalue weighted by Crippen LogP contribution is 2.62. The van der Waals surface area contributed by atoms with Crippen LogP contribution in [-0.2, 0) is 0 Å². The fraction of sp³-hybridized carbons (Fsp3) is 1.00. The van der Waals surface area contributed by atoms with Gasteiger partial charge in [0.1, 0.15) is 5.60 Å². The van der Waals surface area contributed by atoms with Crippen molar-refractivity contribution in [3.63, 3.8) is 0 Å². The van der Waals surface area contributed by atoms with Crippen molar-refractivity contribution in [3.05, 3.63) is 0 Å². The molecule has 1 nitrogen and oxygen atoms in total. The minimum atomic E-state index is -7.97. The zero-order valence-corrected chi connectivity index (χ0v) is 14.0. The van der Waals surface area contributed by atoms with Gasteiger partial charge in [0.05, 0.1) is 0 Å². The largest absolute Gasteiger partial charge is 0.460 e. The lowest BCUT2D eigenvalue weighted by atomic mass is 9.71. The molecule has 0 aromatic rings. The minimum Gasteiger partial charge on any atom is -0.383 e. The molecule has 164 valence electrons. The second-order valence-corrected chi connectivity index (χ2v) is 6.50. The van der Waals surface area contributed by atoms with Gasteiger partial charge in [0.2, 0.25) is 0 Å². The van der Waals surface area contributed by atoms with E-state index in [1.54, 1.807) is 0 Å². The molecule has 0 aliphatic heterocycles. The molecular weight excluding hydrogens is 419 g/mol. The van der Waals surface area contributed by atoms with Crippen molar-refractivity contribution in [2.75, 3.05) is 0 Å². The maximum absolute atomic E-state index is 14.1. The SMILES string of the molecule is CC(C)C(O)(C(C)C)C(F)(F)C(F)(F)C(F)(F)C(F)(F)C(F)(F)C(F)(F)F. The van der Waals surface area contributed by atoms with Crippen LogP contribution in [0.5, 0.6) is 0 Å². The maximum atomic E-state index is 14.1. The Hall–Kier alpha value is -0.950. The maximum Gasteiger partial charge on any atom is 0.460 e. The Labute approximate surface area is 144 Å². The summed E-state index contributed by atoms with van der Waals surface area (Å²) in [6.07, 6.45) is -7.46. The minimum absolute atomic E-state index is 0.602. The Morgan fingerprint density at radius 1 is 0.444 bits per heavy atom. The van der Waals surface area contributed by atoms with Crippen LogP contribution in [0.1, 0.15) is 27.7 Å². The van der Waals surface area contributed by atoms with E-state index in [2.05, 4.69) is 0 Å². The summed E-state index contributed by atoms with van der Waals surface area (Å²) in [4.78, 5) is 0. The highest BCUT2D eigenvalue weighted by Gasteiger charge is 2.92. The fourth-order valence-electron chi connectivity index (χ4n) is 2.41. The lowest BCUT2D eigenvalue weighted by Crippen LogP contribution is -2.75. The molecule has 0 atom stereocenters. The second kappa shape index (κ2) is 6.55. The summed E-state index contributed by atoms with van der Waals surface area (Å²) in [6.45, 7) is 2.41. The molecule has 0 saturated carbocycles.